The van der Waals surface area contributed by atoms with Gasteiger partial charge >= 0.3 is 0 Å². The average molecular weight is 172 g/mol. The van der Waals surface area contributed by atoms with Crippen molar-refractivity contribution in [2.24, 2.45) is 5.92 Å². The second-order valence-electron chi connectivity index (χ2n) is 3.25. The second kappa shape index (κ2) is 7.32. The van der Waals surface area contributed by atoms with Crippen LogP contribution in [0.5, 0.6) is 0 Å². The summed E-state index contributed by atoms with van der Waals surface area (Å²) in [4.78, 5) is 0. The molecule has 0 bridgehead atoms. The highest BCUT2D eigenvalue weighted by molar-refractivity contribution is 4.88. The molecule has 0 aliphatic rings. The summed E-state index contributed by atoms with van der Waals surface area (Å²) in [5.41, 5.74) is 0. The summed E-state index contributed by atoms with van der Waals surface area (Å²) in [6.45, 7) is 4.07. The zero-order valence-electron chi connectivity index (χ0n) is 8.03. The summed E-state index contributed by atoms with van der Waals surface area (Å²) in [6.07, 6.45) is 6.73. The van der Waals surface area contributed by atoms with Crippen molar-refractivity contribution in [3.05, 3.63) is 12.2 Å². The molecule has 0 fully saturated rings. The van der Waals surface area contributed by atoms with Crippen molar-refractivity contribution >= 4 is 0 Å². The number of allylic oxidation sites excluding steroid dienone is 1. The first-order chi connectivity index (χ1) is 5.68. The maximum Gasteiger partial charge on any atom is 0.0572 e. The maximum absolute atomic E-state index is 9.13. The molecule has 2 atom stereocenters. The fourth-order valence-electron chi connectivity index (χ4n) is 0.846. The highest BCUT2D eigenvalue weighted by atomic mass is 16.3. The molecule has 0 aliphatic heterocycles. The molecule has 0 unspecified atom stereocenters. The number of hydrogen-bond acceptors (Lipinski definition) is 2. The van der Waals surface area contributed by atoms with Crippen molar-refractivity contribution < 1.29 is 10.2 Å². The molecule has 0 spiro atoms. The third-order valence-corrected chi connectivity index (χ3v) is 1.98. The Bertz CT molecular complexity index is 119. The van der Waals surface area contributed by atoms with Gasteiger partial charge in [-0.05, 0) is 32.1 Å². The molecule has 72 valence electrons. The SMILES string of the molecule is C[C@H](O)[C@H](C)/C=C/CCCCO. The third kappa shape index (κ3) is 6.38. The monoisotopic (exact) mass is 172 g/mol. The van der Waals surface area contributed by atoms with Gasteiger partial charge < -0.3 is 10.2 Å². The number of unbranched alkanes of at least 4 members (excludes halogenated alkanes) is 2. The Morgan fingerprint density at radius 3 is 2.42 bits per heavy atom. The normalized spacial score (nSPS) is 16.7. The molecular formula is C10H20O2. The Morgan fingerprint density at radius 2 is 1.92 bits per heavy atom. The summed E-state index contributed by atoms with van der Waals surface area (Å²) in [5, 5.41) is 17.6. The van der Waals surface area contributed by atoms with Gasteiger partial charge in [0.25, 0.3) is 0 Å². The standard InChI is InChI=1S/C10H20O2/c1-9(10(2)12)7-5-3-4-6-8-11/h5,7,9-12H,3-4,6,8H2,1-2H3/b7-5+/t9-,10+/m1/s1. The minimum absolute atomic E-state index is 0.235. The maximum atomic E-state index is 9.13. The molecule has 0 saturated carbocycles. The second-order valence-corrected chi connectivity index (χ2v) is 3.25. The molecule has 0 aromatic heterocycles. The van der Waals surface area contributed by atoms with E-state index in [9.17, 15) is 0 Å². The van der Waals surface area contributed by atoms with Crippen LogP contribution < -0.4 is 0 Å². The van der Waals surface area contributed by atoms with Gasteiger partial charge in [0.15, 0.2) is 0 Å². The van der Waals surface area contributed by atoms with Crippen molar-refractivity contribution in [1.82, 2.24) is 0 Å². The fraction of sp³-hybridized carbons (Fsp3) is 0.800. The topological polar surface area (TPSA) is 40.5 Å². The predicted octanol–water partition coefficient (Wildman–Crippen LogP) is 1.72. The van der Waals surface area contributed by atoms with E-state index in [1.165, 1.54) is 0 Å². The quantitative estimate of drug-likeness (QED) is 0.473. The highest BCUT2D eigenvalue weighted by Crippen LogP contribution is 2.05. The van der Waals surface area contributed by atoms with Crippen LogP contribution in [-0.2, 0) is 0 Å². The molecule has 0 rings (SSSR count). The van der Waals surface area contributed by atoms with Crippen LogP contribution in [0, 0.1) is 5.92 Å². The van der Waals surface area contributed by atoms with E-state index < -0.39 is 0 Å². The van der Waals surface area contributed by atoms with Gasteiger partial charge in [-0.1, -0.05) is 19.1 Å². The molecule has 0 heterocycles. The van der Waals surface area contributed by atoms with E-state index in [1.54, 1.807) is 6.92 Å². The molecule has 0 saturated heterocycles. The molecule has 2 N–H and O–H groups in total. The number of aliphatic hydroxyl groups is 2. The molecule has 2 nitrogen and oxygen atoms in total. The smallest absolute Gasteiger partial charge is 0.0572 e. The van der Waals surface area contributed by atoms with Crippen molar-refractivity contribution in [2.45, 2.75) is 39.2 Å². The molecule has 0 aromatic carbocycles. The van der Waals surface area contributed by atoms with E-state index in [0.717, 1.165) is 19.3 Å². The first kappa shape index (κ1) is 11.7. The minimum atomic E-state index is -0.265. The van der Waals surface area contributed by atoms with Gasteiger partial charge in [0.2, 0.25) is 0 Å². The molecule has 2 heteroatoms. The summed E-state index contributed by atoms with van der Waals surface area (Å²) in [7, 11) is 0. The van der Waals surface area contributed by atoms with Gasteiger partial charge in [-0.3, -0.25) is 0 Å². The molecular weight excluding hydrogens is 152 g/mol. The first-order valence-electron chi connectivity index (χ1n) is 4.64. The Hall–Kier alpha value is -0.340. The van der Waals surface area contributed by atoms with Crippen LogP contribution in [0.15, 0.2) is 12.2 Å². The van der Waals surface area contributed by atoms with E-state index in [0.29, 0.717) is 0 Å². The van der Waals surface area contributed by atoms with E-state index >= 15 is 0 Å². The average Bonchev–Trinajstić information content (AvgIpc) is 2.03. The summed E-state index contributed by atoms with van der Waals surface area (Å²) >= 11 is 0. The Kier molecular flexibility index (Phi) is 7.11. The van der Waals surface area contributed by atoms with Gasteiger partial charge in [0.05, 0.1) is 6.10 Å². The van der Waals surface area contributed by atoms with Crippen LogP contribution in [-0.4, -0.2) is 22.9 Å². The van der Waals surface area contributed by atoms with Crippen LogP contribution in [0.4, 0.5) is 0 Å². The van der Waals surface area contributed by atoms with Crippen molar-refractivity contribution in [3.8, 4) is 0 Å². The van der Waals surface area contributed by atoms with Crippen molar-refractivity contribution in [2.75, 3.05) is 6.61 Å². The number of hydrogen-bond donors (Lipinski definition) is 2. The van der Waals surface area contributed by atoms with Crippen LogP contribution in [0.2, 0.25) is 0 Å². The van der Waals surface area contributed by atoms with Gasteiger partial charge in [-0.15, -0.1) is 0 Å². The van der Waals surface area contributed by atoms with E-state index in [1.807, 2.05) is 13.0 Å². The van der Waals surface area contributed by atoms with E-state index in [2.05, 4.69) is 6.08 Å². The Balaban J connectivity index is 3.35. The lowest BCUT2D eigenvalue weighted by molar-refractivity contribution is 0.157. The minimum Gasteiger partial charge on any atom is -0.396 e. The molecule has 0 aromatic rings. The molecule has 0 radical (unpaired) electrons. The van der Waals surface area contributed by atoms with E-state index in [-0.39, 0.29) is 18.6 Å². The lowest BCUT2D eigenvalue weighted by Gasteiger charge is -2.08. The highest BCUT2D eigenvalue weighted by Gasteiger charge is 2.02. The first-order valence-corrected chi connectivity index (χ1v) is 4.64. The van der Waals surface area contributed by atoms with Crippen molar-refractivity contribution in [3.63, 3.8) is 0 Å². The lowest BCUT2D eigenvalue weighted by Crippen LogP contribution is -2.09. The predicted molar refractivity (Wildman–Crippen MR) is 50.9 cm³/mol. The Labute approximate surface area is 74.9 Å². The fourth-order valence-corrected chi connectivity index (χ4v) is 0.846. The van der Waals surface area contributed by atoms with Crippen LogP contribution in [0.3, 0.4) is 0 Å². The molecule has 0 aliphatic carbocycles. The van der Waals surface area contributed by atoms with Crippen molar-refractivity contribution in [1.29, 1.82) is 0 Å². The van der Waals surface area contributed by atoms with Crippen LogP contribution in [0.1, 0.15) is 33.1 Å². The summed E-state index contributed by atoms with van der Waals surface area (Å²) in [5.74, 6) is 0.235. The van der Waals surface area contributed by atoms with Gasteiger partial charge in [-0.2, -0.15) is 0 Å². The van der Waals surface area contributed by atoms with E-state index in [4.69, 9.17) is 10.2 Å². The molecule has 12 heavy (non-hydrogen) atoms. The Morgan fingerprint density at radius 1 is 1.25 bits per heavy atom. The van der Waals surface area contributed by atoms with Gasteiger partial charge in [0.1, 0.15) is 0 Å². The number of rotatable bonds is 6. The van der Waals surface area contributed by atoms with Gasteiger partial charge in [0, 0.05) is 6.61 Å². The van der Waals surface area contributed by atoms with Crippen LogP contribution >= 0.6 is 0 Å². The zero-order valence-corrected chi connectivity index (χ0v) is 8.03. The third-order valence-electron chi connectivity index (χ3n) is 1.98. The number of aliphatic hydroxyl groups excluding tert-OH is 2. The largest absolute Gasteiger partial charge is 0.396 e. The van der Waals surface area contributed by atoms with Crippen LogP contribution in [0.25, 0.3) is 0 Å². The summed E-state index contributed by atoms with van der Waals surface area (Å²) in [6, 6.07) is 0. The van der Waals surface area contributed by atoms with Gasteiger partial charge in [-0.25, -0.2) is 0 Å². The zero-order chi connectivity index (χ0) is 9.40. The molecule has 0 amide bonds. The summed E-state index contributed by atoms with van der Waals surface area (Å²) < 4.78 is 0. The lowest BCUT2D eigenvalue weighted by atomic mass is 10.1.